The fourth-order valence-corrected chi connectivity index (χ4v) is 2.72. The summed E-state index contributed by atoms with van der Waals surface area (Å²) in [5.74, 6) is -0.388. The van der Waals surface area contributed by atoms with Crippen LogP contribution in [0.15, 0.2) is 0 Å². The number of carbonyl (C=O) groups excluding carboxylic acids is 4. The first kappa shape index (κ1) is 17.2. The van der Waals surface area contributed by atoms with Gasteiger partial charge in [0.1, 0.15) is 12.1 Å². The topological polar surface area (TPSA) is 116 Å². The van der Waals surface area contributed by atoms with Crippen LogP contribution in [0.1, 0.15) is 44.9 Å². The molecule has 4 N–H and O–H groups in total. The third kappa shape index (κ3) is 5.54. The van der Waals surface area contributed by atoms with Gasteiger partial charge >= 0.3 is 0 Å². The van der Waals surface area contributed by atoms with Crippen molar-refractivity contribution in [3.63, 3.8) is 0 Å². The molecule has 2 atom stereocenters. The minimum absolute atomic E-state index is 0.0701. The highest BCUT2D eigenvalue weighted by Crippen LogP contribution is 2.07. The Hall–Kier alpha value is -2.12. The van der Waals surface area contributed by atoms with Crippen LogP contribution in [0.25, 0.3) is 0 Å². The van der Waals surface area contributed by atoms with E-state index < -0.39 is 0 Å². The maximum absolute atomic E-state index is 11.7. The molecule has 0 saturated carbocycles. The molecule has 0 aromatic rings. The lowest BCUT2D eigenvalue weighted by Gasteiger charge is -2.12. The van der Waals surface area contributed by atoms with Gasteiger partial charge in [0.15, 0.2) is 0 Å². The summed E-state index contributed by atoms with van der Waals surface area (Å²) in [6.07, 6.45) is 4.49. The highest BCUT2D eigenvalue weighted by molar-refractivity contribution is 5.91. The van der Waals surface area contributed by atoms with Crippen molar-refractivity contribution in [2.45, 2.75) is 57.0 Å². The molecule has 0 aliphatic carbocycles. The van der Waals surface area contributed by atoms with Crippen molar-refractivity contribution in [1.29, 1.82) is 0 Å². The van der Waals surface area contributed by atoms with E-state index in [1.807, 2.05) is 0 Å². The van der Waals surface area contributed by atoms with E-state index in [1.165, 1.54) is 0 Å². The van der Waals surface area contributed by atoms with Gasteiger partial charge in [-0.05, 0) is 32.1 Å². The van der Waals surface area contributed by atoms with Gasteiger partial charge in [-0.3, -0.25) is 19.2 Å². The Morgan fingerprint density at radius 1 is 0.826 bits per heavy atom. The second-order valence-electron chi connectivity index (χ2n) is 5.96. The van der Waals surface area contributed by atoms with Crippen molar-refractivity contribution < 1.29 is 19.2 Å². The zero-order chi connectivity index (χ0) is 16.7. The van der Waals surface area contributed by atoms with Crippen LogP contribution in [0, 0.1) is 0 Å². The first-order valence-corrected chi connectivity index (χ1v) is 8.20. The number of rotatable bonds is 8. The predicted octanol–water partition coefficient (Wildman–Crippen LogP) is -1.05. The standard InChI is InChI=1S/C15H24N4O4/c20-12-6-4-10(18-12)14(22)16-8-2-1-3-9-17-15(23)11-5-7-13(21)19-11/h10-11H,1-9H2,(H,16,22)(H,17,23)(H,18,20)(H,19,21)/t10-,11?/m0/s1. The first-order chi connectivity index (χ1) is 11.1. The summed E-state index contributed by atoms with van der Waals surface area (Å²) in [6, 6.07) is -0.771. The van der Waals surface area contributed by atoms with E-state index >= 15 is 0 Å². The number of amides is 4. The maximum Gasteiger partial charge on any atom is 0.242 e. The van der Waals surface area contributed by atoms with Crippen LogP contribution in [0.4, 0.5) is 0 Å². The second kappa shape index (κ2) is 8.50. The van der Waals surface area contributed by atoms with E-state index in [-0.39, 0.29) is 35.7 Å². The van der Waals surface area contributed by atoms with Gasteiger partial charge < -0.3 is 21.3 Å². The van der Waals surface area contributed by atoms with Crippen LogP contribution in [0.2, 0.25) is 0 Å². The molecule has 2 heterocycles. The van der Waals surface area contributed by atoms with Crippen LogP contribution < -0.4 is 21.3 Å². The normalized spacial score (nSPS) is 23.3. The molecule has 23 heavy (non-hydrogen) atoms. The minimum Gasteiger partial charge on any atom is -0.354 e. The third-order valence-corrected chi connectivity index (χ3v) is 4.08. The van der Waals surface area contributed by atoms with E-state index in [2.05, 4.69) is 21.3 Å². The van der Waals surface area contributed by atoms with Gasteiger partial charge in [-0.1, -0.05) is 0 Å². The van der Waals surface area contributed by atoms with Crippen molar-refractivity contribution in [2.24, 2.45) is 0 Å². The zero-order valence-electron chi connectivity index (χ0n) is 13.2. The molecular weight excluding hydrogens is 300 g/mol. The summed E-state index contributed by atoms with van der Waals surface area (Å²) in [5, 5.41) is 10.9. The summed E-state index contributed by atoms with van der Waals surface area (Å²) < 4.78 is 0. The molecule has 0 radical (unpaired) electrons. The predicted molar refractivity (Wildman–Crippen MR) is 82.2 cm³/mol. The van der Waals surface area contributed by atoms with E-state index in [1.54, 1.807) is 0 Å². The number of hydrogen-bond acceptors (Lipinski definition) is 4. The van der Waals surface area contributed by atoms with E-state index in [9.17, 15) is 19.2 Å². The molecule has 8 nitrogen and oxygen atoms in total. The van der Waals surface area contributed by atoms with E-state index in [4.69, 9.17) is 0 Å². The van der Waals surface area contributed by atoms with E-state index in [0.717, 1.165) is 19.3 Å². The average Bonchev–Trinajstić information content (AvgIpc) is 3.14. The molecular formula is C15H24N4O4. The lowest BCUT2D eigenvalue weighted by molar-refractivity contribution is -0.125. The lowest BCUT2D eigenvalue weighted by atomic mass is 10.2. The molecule has 0 aromatic carbocycles. The maximum atomic E-state index is 11.7. The zero-order valence-corrected chi connectivity index (χ0v) is 13.2. The van der Waals surface area contributed by atoms with Crippen LogP contribution in [-0.4, -0.2) is 48.8 Å². The average molecular weight is 324 g/mol. The molecule has 0 bridgehead atoms. The molecule has 2 aliphatic heterocycles. The summed E-state index contributed by atoms with van der Waals surface area (Å²) in [5.41, 5.74) is 0. The molecule has 2 aliphatic rings. The third-order valence-electron chi connectivity index (χ3n) is 4.08. The molecule has 2 fully saturated rings. The molecule has 4 amide bonds. The van der Waals surface area contributed by atoms with Crippen LogP contribution in [-0.2, 0) is 19.2 Å². The van der Waals surface area contributed by atoms with Crippen LogP contribution in [0.5, 0.6) is 0 Å². The Kier molecular flexibility index (Phi) is 6.37. The fraction of sp³-hybridized carbons (Fsp3) is 0.733. The van der Waals surface area contributed by atoms with Gasteiger partial charge in [0.25, 0.3) is 0 Å². The summed E-state index contributed by atoms with van der Waals surface area (Å²) in [7, 11) is 0. The Morgan fingerprint density at radius 2 is 1.26 bits per heavy atom. The van der Waals surface area contributed by atoms with Gasteiger partial charge in [-0.2, -0.15) is 0 Å². The highest BCUT2D eigenvalue weighted by Gasteiger charge is 2.27. The SMILES string of the molecule is O=C1CCC(C(=O)NCCCCCNC(=O)[C@@H]2CCC(=O)N2)N1. The smallest absolute Gasteiger partial charge is 0.242 e. The van der Waals surface area contributed by atoms with Crippen molar-refractivity contribution >= 4 is 23.6 Å². The Labute approximate surface area is 135 Å². The number of carbonyl (C=O) groups is 4. The molecule has 2 rings (SSSR count). The van der Waals surface area contributed by atoms with Crippen LogP contribution in [0.3, 0.4) is 0 Å². The van der Waals surface area contributed by atoms with Crippen molar-refractivity contribution in [3.8, 4) is 0 Å². The second-order valence-corrected chi connectivity index (χ2v) is 5.96. The van der Waals surface area contributed by atoms with E-state index in [0.29, 0.717) is 38.8 Å². The van der Waals surface area contributed by atoms with Gasteiger partial charge in [0.05, 0.1) is 0 Å². The monoisotopic (exact) mass is 324 g/mol. The Bertz CT molecular complexity index is 438. The quantitative estimate of drug-likeness (QED) is 0.426. The summed E-state index contributed by atoms with van der Waals surface area (Å²) >= 11 is 0. The van der Waals surface area contributed by atoms with Crippen molar-refractivity contribution in [3.05, 3.63) is 0 Å². The Balaban J connectivity index is 1.45. The number of unbranched alkanes of at least 4 members (excludes halogenated alkanes) is 2. The molecule has 0 spiro atoms. The molecule has 1 unspecified atom stereocenters. The summed E-state index contributed by atoms with van der Waals surface area (Å²) in [6.45, 7) is 1.13. The molecule has 0 aromatic heterocycles. The van der Waals surface area contributed by atoms with Gasteiger partial charge in [-0.25, -0.2) is 0 Å². The highest BCUT2D eigenvalue weighted by atomic mass is 16.2. The molecule has 2 saturated heterocycles. The van der Waals surface area contributed by atoms with Crippen LogP contribution >= 0.6 is 0 Å². The fourth-order valence-electron chi connectivity index (χ4n) is 2.72. The summed E-state index contributed by atoms with van der Waals surface area (Å²) in [4.78, 5) is 45.5. The molecule has 128 valence electrons. The molecule has 8 heteroatoms. The van der Waals surface area contributed by atoms with Gasteiger partial charge in [0.2, 0.25) is 23.6 Å². The Morgan fingerprint density at radius 3 is 1.61 bits per heavy atom. The van der Waals surface area contributed by atoms with Gasteiger partial charge in [0, 0.05) is 25.9 Å². The lowest BCUT2D eigenvalue weighted by Crippen LogP contribution is -2.42. The van der Waals surface area contributed by atoms with Crippen molar-refractivity contribution in [1.82, 2.24) is 21.3 Å². The van der Waals surface area contributed by atoms with Gasteiger partial charge in [-0.15, -0.1) is 0 Å². The number of hydrogen-bond donors (Lipinski definition) is 4. The minimum atomic E-state index is -0.386. The first-order valence-electron chi connectivity index (χ1n) is 8.20. The largest absolute Gasteiger partial charge is 0.354 e. The van der Waals surface area contributed by atoms with Crippen molar-refractivity contribution in [2.75, 3.05) is 13.1 Å². The number of nitrogens with one attached hydrogen (secondary N) is 4.